The quantitative estimate of drug-likeness (QED) is 0.546. The molecular weight excluding hydrogens is 280 g/mol. The Hall–Kier alpha value is -2.73. The van der Waals surface area contributed by atoms with Gasteiger partial charge in [0.15, 0.2) is 0 Å². The summed E-state index contributed by atoms with van der Waals surface area (Å²) < 4.78 is 6.01. The molecule has 1 aliphatic rings. The first-order valence-corrected chi connectivity index (χ1v) is 6.17. The van der Waals surface area contributed by atoms with Crippen molar-refractivity contribution in [3.05, 3.63) is 38.3 Å². The van der Waals surface area contributed by atoms with E-state index >= 15 is 0 Å². The number of hydrogen-bond donors (Lipinski definition) is 0. The summed E-state index contributed by atoms with van der Waals surface area (Å²) in [6.07, 6.45) is 0.974. The summed E-state index contributed by atoms with van der Waals surface area (Å²) in [5, 5.41) is 19.6. The van der Waals surface area contributed by atoms with E-state index in [4.69, 9.17) is 10.00 Å². The third-order valence-electron chi connectivity index (χ3n) is 3.07. The van der Waals surface area contributed by atoms with Crippen LogP contribution in [0.3, 0.4) is 0 Å². The monoisotopic (exact) mass is 292 g/mol. The fourth-order valence-electron chi connectivity index (χ4n) is 1.98. The van der Waals surface area contributed by atoms with E-state index in [0.29, 0.717) is 26.3 Å². The standard InChI is InChI=1S/C12H12N4O5/c13-6-9-5-10(16(19)20)7-15(12(9)18)8-11(17)14-1-3-21-4-2-14/h5,7H,1-4,8H2. The third kappa shape index (κ3) is 3.24. The minimum absolute atomic E-state index is 0.338. The summed E-state index contributed by atoms with van der Waals surface area (Å²) in [6, 6.07) is 2.50. The number of nitro groups is 1. The first-order chi connectivity index (χ1) is 10.0. The second kappa shape index (κ2) is 6.15. The van der Waals surface area contributed by atoms with Gasteiger partial charge in [0.1, 0.15) is 18.2 Å². The van der Waals surface area contributed by atoms with Crippen molar-refractivity contribution in [3.8, 4) is 6.07 Å². The van der Waals surface area contributed by atoms with E-state index in [1.807, 2.05) is 0 Å². The van der Waals surface area contributed by atoms with Gasteiger partial charge in [-0.1, -0.05) is 0 Å². The van der Waals surface area contributed by atoms with Gasteiger partial charge in [-0.3, -0.25) is 24.3 Å². The smallest absolute Gasteiger partial charge is 0.287 e. The second-order valence-corrected chi connectivity index (χ2v) is 4.41. The SMILES string of the molecule is N#Cc1cc([N+](=O)[O-])cn(CC(=O)N2CCOCC2)c1=O. The normalized spacial score (nSPS) is 14.5. The molecule has 1 aliphatic heterocycles. The van der Waals surface area contributed by atoms with Crippen molar-refractivity contribution < 1.29 is 14.5 Å². The van der Waals surface area contributed by atoms with Crippen LogP contribution < -0.4 is 5.56 Å². The molecule has 0 atom stereocenters. The van der Waals surface area contributed by atoms with Gasteiger partial charge in [0.25, 0.3) is 11.2 Å². The van der Waals surface area contributed by atoms with Crippen LogP contribution in [0.25, 0.3) is 0 Å². The molecule has 1 fully saturated rings. The molecular formula is C12H12N4O5. The second-order valence-electron chi connectivity index (χ2n) is 4.41. The van der Waals surface area contributed by atoms with Crippen LogP contribution in [-0.2, 0) is 16.1 Å². The number of pyridine rings is 1. The van der Waals surface area contributed by atoms with Crippen molar-refractivity contribution in [1.29, 1.82) is 5.26 Å². The van der Waals surface area contributed by atoms with Crippen LogP contribution in [0.1, 0.15) is 5.56 Å². The molecule has 1 saturated heterocycles. The van der Waals surface area contributed by atoms with Gasteiger partial charge in [0.2, 0.25) is 5.91 Å². The Kier molecular flexibility index (Phi) is 4.30. The maximum Gasteiger partial charge on any atom is 0.287 e. The van der Waals surface area contributed by atoms with Crippen LogP contribution in [0.4, 0.5) is 5.69 Å². The van der Waals surface area contributed by atoms with Crippen molar-refractivity contribution in [2.24, 2.45) is 0 Å². The summed E-state index contributed by atoms with van der Waals surface area (Å²) >= 11 is 0. The van der Waals surface area contributed by atoms with E-state index in [1.54, 1.807) is 6.07 Å². The summed E-state index contributed by atoms with van der Waals surface area (Å²) in [4.78, 5) is 35.6. The molecule has 9 heteroatoms. The number of amides is 1. The number of nitriles is 1. The predicted molar refractivity (Wildman–Crippen MR) is 69.5 cm³/mol. The molecule has 0 aliphatic carbocycles. The number of carbonyl (C=O) groups is 1. The highest BCUT2D eigenvalue weighted by Crippen LogP contribution is 2.10. The van der Waals surface area contributed by atoms with E-state index in [1.165, 1.54) is 4.90 Å². The van der Waals surface area contributed by atoms with Gasteiger partial charge in [-0.25, -0.2) is 0 Å². The third-order valence-corrected chi connectivity index (χ3v) is 3.07. The summed E-state index contributed by atoms with van der Waals surface area (Å²) in [5.41, 5.74) is -1.48. The molecule has 0 N–H and O–H groups in total. The van der Waals surface area contributed by atoms with Crippen LogP contribution in [0.5, 0.6) is 0 Å². The van der Waals surface area contributed by atoms with Crippen LogP contribution in [0.15, 0.2) is 17.1 Å². The van der Waals surface area contributed by atoms with Gasteiger partial charge in [0, 0.05) is 19.2 Å². The highest BCUT2D eigenvalue weighted by Gasteiger charge is 2.20. The number of morpholine rings is 1. The fourth-order valence-corrected chi connectivity index (χ4v) is 1.98. The van der Waals surface area contributed by atoms with E-state index < -0.39 is 16.2 Å². The lowest BCUT2D eigenvalue weighted by atomic mass is 10.2. The number of rotatable bonds is 3. The Balaban J connectivity index is 2.28. The van der Waals surface area contributed by atoms with E-state index in [2.05, 4.69) is 0 Å². The molecule has 2 rings (SSSR count). The minimum Gasteiger partial charge on any atom is -0.378 e. The molecule has 9 nitrogen and oxygen atoms in total. The molecule has 1 amide bonds. The molecule has 0 aromatic carbocycles. The molecule has 21 heavy (non-hydrogen) atoms. The number of carbonyl (C=O) groups excluding carboxylic acids is 1. The Bertz CT molecular complexity index is 669. The summed E-state index contributed by atoms with van der Waals surface area (Å²) in [5.74, 6) is -0.343. The Morgan fingerprint density at radius 1 is 1.48 bits per heavy atom. The van der Waals surface area contributed by atoms with Crippen molar-refractivity contribution in [3.63, 3.8) is 0 Å². The maximum atomic E-state index is 12.1. The lowest BCUT2D eigenvalue weighted by Crippen LogP contribution is -2.43. The van der Waals surface area contributed by atoms with Crippen LogP contribution >= 0.6 is 0 Å². The van der Waals surface area contributed by atoms with Gasteiger partial charge in [-0.15, -0.1) is 0 Å². The van der Waals surface area contributed by atoms with E-state index in [9.17, 15) is 19.7 Å². The average molecular weight is 292 g/mol. The van der Waals surface area contributed by atoms with Crippen molar-refractivity contribution in [2.45, 2.75) is 6.54 Å². The molecule has 2 heterocycles. The van der Waals surface area contributed by atoms with E-state index in [0.717, 1.165) is 16.8 Å². The molecule has 0 unspecified atom stereocenters. The minimum atomic E-state index is -0.718. The van der Waals surface area contributed by atoms with E-state index in [-0.39, 0.29) is 18.0 Å². The number of aromatic nitrogens is 1. The Morgan fingerprint density at radius 3 is 2.71 bits per heavy atom. The van der Waals surface area contributed by atoms with Crippen LogP contribution in [-0.4, -0.2) is 46.6 Å². The lowest BCUT2D eigenvalue weighted by Gasteiger charge is -2.27. The number of ether oxygens (including phenoxy) is 1. The maximum absolute atomic E-state index is 12.1. The molecule has 1 aromatic rings. The molecule has 0 bridgehead atoms. The van der Waals surface area contributed by atoms with Crippen LogP contribution in [0, 0.1) is 21.4 Å². The molecule has 0 radical (unpaired) electrons. The Morgan fingerprint density at radius 2 is 2.14 bits per heavy atom. The zero-order valence-electron chi connectivity index (χ0n) is 11.0. The molecule has 0 saturated carbocycles. The largest absolute Gasteiger partial charge is 0.378 e. The highest BCUT2D eigenvalue weighted by molar-refractivity contribution is 5.76. The van der Waals surface area contributed by atoms with Crippen molar-refractivity contribution in [2.75, 3.05) is 26.3 Å². The predicted octanol–water partition coefficient (Wildman–Crippen LogP) is -0.513. The van der Waals surface area contributed by atoms with Gasteiger partial charge < -0.3 is 9.64 Å². The topological polar surface area (TPSA) is 118 Å². The van der Waals surface area contributed by atoms with Gasteiger partial charge in [-0.05, 0) is 0 Å². The zero-order valence-corrected chi connectivity index (χ0v) is 11.0. The number of nitrogens with zero attached hydrogens (tertiary/aromatic N) is 4. The zero-order chi connectivity index (χ0) is 15.4. The average Bonchev–Trinajstić information content (AvgIpc) is 2.49. The fraction of sp³-hybridized carbons (Fsp3) is 0.417. The summed E-state index contributed by atoms with van der Waals surface area (Å²) in [6.45, 7) is 1.31. The van der Waals surface area contributed by atoms with Crippen LogP contribution in [0.2, 0.25) is 0 Å². The first kappa shape index (κ1) is 14.7. The van der Waals surface area contributed by atoms with Gasteiger partial charge >= 0.3 is 0 Å². The molecule has 110 valence electrons. The first-order valence-electron chi connectivity index (χ1n) is 6.17. The number of hydrogen-bond acceptors (Lipinski definition) is 6. The van der Waals surface area contributed by atoms with Crippen molar-refractivity contribution in [1.82, 2.24) is 9.47 Å². The summed E-state index contributed by atoms with van der Waals surface area (Å²) in [7, 11) is 0. The van der Waals surface area contributed by atoms with Crippen molar-refractivity contribution >= 4 is 11.6 Å². The Labute approximate surface area is 119 Å². The van der Waals surface area contributed by atoms with Gasteiger partial charge in [-0.2, -0.15) is 5.26 Å². The highest BCUT2D eigenvalue weighted by atomic mass is 16.6. The molecule has 1 aromatic heterocycles. The molecule has 0 spiro atoms. The lowest BCUT2D eigenvalue weighted by molar-refractivity contribution is -0.385. The van der Waals surface area contributed by atoms with Gasteiger partial charge in [0.05, 0.1) is 24.3 Å².